The zero-order valence-electron chi connectivity index (χ0n) is 14.6. The van der Waals surface area contributed by atoms with Crippen molar-refractivity contribution < 1.29 is 21.4 Å². The van der Waals surface area contributed by atoms with Crippen molar-refractivity contribution in [2.45, 2.75) is 28.2 Å². The molecule has 0 amide bonds. The third kappa shape index (κ3) is 3.98. The van der Waals surface area contributed by atoms with Crippen LogP contribution in [-0.4, -0.2) is 28.5 Å². The molecule has 0 spiro atoms. The fourth-order valence-corrected chi connectivity index (χ4v) is 7.10. The summed E-state index contributed by atoms with van der Waals surface area (Å²) in [6.45, 7) is 2.70. The molecule has 0 fully saturated rings. The van der Waals surface area contributed by atoms with E-state index in [1.807, 2.05) is 0 Å². The lowest BCUT2D eigenvalue weighted by Crippen LogP contribution is -2.32. The van der Waals surface area contributed by atoms with Gasteiger partial charge in [-0.05, 0) is 30.9 Å². The molecule has 0 saturated heterocycles. The Labute approximate surface area is 162 Å². The van der Waals surface area contributed by atoms with Crippen LogP contribution in [0.4, 0.5) is 0 Å². The SMILES string of the molecule is Cc1noc(C)c1S(=O)(=O)NC[C@H](c1ccccc1)S(=O)(=O)c1cccs1. The lowest BCUT2D eigenvalue weighted by molar-refractivity contribution is 0.390. The minimum Gasteiger partial charge on any atom is -0.360 e. The van der Waals surface area contributed by atoms with Crippen LogP contribution >= 0.6 is 11.3 Å². The molecule has 7 nitrogen and oxygen atoms in total. The number of hydrogen-bond donors (Lipinski definition) is 1. The maximum absolute atomic E-state index is 13.1. The van der Waals surface area contributed by atoms with E-state index in [1.165, 1.54) is 19.9 Å². The molecule has 10 heteroatoms. The van der Waals surface area contributed by atoms with E-state index in [0.29, 0.717) is 5.56 Å². The van der Waals surface area contributed by atoms with E-state index < -0.39 is 25.1 Å². The molecule has 1 aromatic carbocycles. The number of hydrogen-bond acceptors (Lipinski definition) is 7. The number of sulfone groups is 1. The van der Waals surface area contributed by atoms with Gasteiger partial charge in [-0.25, -0.2) is 21.6 Å². The van der Waals surface area contributed by atoms with E-state index in [9.17, 15) is 16.8 Å². The summed E-state index contributed by atoms with van der Waals surface area (Å²) >= 11 is 1.10. The molecule has 1 N–H and O–H groups in total. The average Bonchev–Trinajstić information content (AvgIpc) is 3.26. The second kappa shape index (κ2) is 7.55. The van der Waals surface area contributed by atoms with Crippen LogP contribution < -0.4 is 4.72 Å². The van der Waals surface area contributed by atoms with Crippen molar-refractivity contribution in [3.05, 3.63) is 64.9 Å². The molecule has 2 heterocycles. The first-order valence-corrected chi connectivity index (χ1v) is 11.9. The Morgan fingerprint density at radius 3 is 2.33 bits per heavy atom. The van der Waals surface area contributed by atoms with E-state index in [0.717, 1.165) is 11.3 Å². The molecule has 2 aromatic heterocycles. The highest BCUT2D eigenvalue weighted by molar-refractivity contribution is 7.93. The largest absolute Gasteiger partial charge is 0.360 e. The zero-order valence-corrected chi connectivity index (χ0v) is 17.1. The smallest absolute Gasteiger partial charge is 0.246 e. The first-order chi connectivity index (χ1) is 12.7. The third-order valence-electron chi connectivity index (χ3n) is 4.02. The molecule has 0 saturated carbocycles. The van der Waals surface area contributed by atoms with Gasteiger partial charge < -0.3 is 4.52 Å². The Kier molecular flexibility index (Phi) is 5.52. The van der Waals surface area contributed by atoms with Gasteiger partial charge in [0.15, 0.2) is 15.6 Å². The molecule has 0 aliphatic heterocycles. The number of aryl methyl sites for hydroxylation is 2. The van der Waals surface area contributed by atoms with Crippen molar-refractivity contribution in [3.63, 3.8) is 0 Å². The van der Waals surface area contributed by atoms with Crippen LogP contribution in [0.1, 0.15) is 22.3 Å². The summed E-state index contributed by atoms with van der Waals surface area (Å²) in [5.74, 6) is 0.150. The van der Waals surface area contributed by atoms with E-state index in [1.54, 1.807) is 41.8 Å². The maximum atomic E-state index is 13.1. The first-order valence-electron chi connectivity index (χ1n) is 7.98. The van der Waals surface area contributed by atoms with Gasteiger partial charge in [0, 0.05) is 6.54 Å². The van der Waals surface area contributed by atoms with Gasteiger partial charge in [-0.2, -0.15) is 0 Å². The highest BCUT2D eigenvalue weighted by Gasteiger charge is 2.32. The molecule has 144 valence electrons. The van der Waals surface area contributed by atoms with Crippen molar-refractivity contribution in [3.8, 4) is 0 Å². The molecular weight excluding hydrogens is 408 g/mol. The van der Waals surface area contributed by atoms with E-state index >= 15 is 0 Å². The van der Waals surface area contributed by atoms with Gasteiger partial charge in [0.05, 0.1) is 0 Å². The number of aromatic nitrogens is 1. The van der Waals surface area contributed by atoms with Gasteiger partial charge in [0.2, 0.25) is 10.0 Å². The first kappa shape index (κ1) is 19.7. The highest BCUT2D eigenvalue weighted by Crippen LogP contribution is 2.31. The zero-order chi connectivity index (χ0) is 19.7. The molecule has 0 radical (unpaired) electrons. The van der Waals surface area contributed by atoms with Gasteiger partial charge in [0.1, 0.15) is 20.0 Å². The maximum Gasteiger partial charge on any atom is 0.246 e. The second-order valence-corrected chi connectivity index (χ2v) is 10.9. The monoisotopic (exact) mass is 426 g/mol. The third-order valence-corrected chi connectivity index (χ3v) is 9.22. The number of sulfonamides is 1. The number of nitrogens with one attached hydrogen (secondary N) is 1. The van der Waals surface area contributed by atoms with Gasteiger partial charge in [-0.1, -0.05) is 41.6 Å². The number of benzene rings is 1. The Hall–Kier alpha value is -2.01. The average molecular weight is 427 g/mol. The lowest BCUT2D eigenvalue weighted by atomic mass is 10.1. The molecule has 0 bridgehead atoms. The Balaban J connectivity index is 1.96. The molecular formula is C17H18N2O5S3. The molecule has 0 aliphatic carbocycles. The van der Waals surface area contributed by atoms with Crippen LogP contribution in [0, 0.1) is 13.8 Å². The van der Waals surface area contributed by atoms with Crippen LogP contribution in [0.5, 0.6) is 0 Å². The van der Waals surface area contributed by atoms with Crippen molar-refractivity contribution in [1.82, 2.24) is 9.88 Å². The topological polar surface area (TPSA) is 106 Å². The van der Waals surface area contributed by atoms with Crippen LogP contribution in [-0.2, 0) is 19.9 Å². The van der Waals surface area contributed by atoms with Crippen LogP contribution in [0.3, 0.4) is 0 Å². The summed E-state index contributed by atoms with van der Waals surface area (Å²) in [5.41, 5.74) is 0.727. The molecule has 1 atom stereocenters. The predicted octanol–water partition coefficient (Wildman–Crippen LogP) is 2.85. The fraction of sp³-hybridized carbons (Fsp3) is 0.235. The molecule has 3 aromatic rings. The standard InChI is InChI=1S/C17H18N2O5S3/c1-12-17(13(2)24-19-12)27(22,23)18-11-15(14-7-4-3-5-8-14)26(20,21)16-9-6-10-25-16/h3-10,15,18H,11H2,1-2H3/t15-/m1/s1. The summed E-state index contributed by atoms with van der Waals surface area (Å²) in [6.07, 6.45) is 0. The van der Waals surface area contributed by atoms with Crippen LogP contribution in [0.25, 0.3) is 0 Å². The summed E-state index contributed by atoms with van der Waals surface area (Å²) in [5, 5.41) is 4.25. The highest BCUT2D eigenvalue weighted by atomic mass is 32.2. The Morgan fingerprint density at radius 2 is 1.78 bits per heavy atom. The van der Waals surface area contributed by atoms with Crippen molar-refractivity contribution in [2.24, 2.45) is 0 Å². The second-order valence-electron chi connectivity index (χ2n) is 5.88. The summed E-state index contributed by atoms with van der Waals surface area (Å²) in [4.78, 5) is -0.0668. The number of nitrogens with zero attached hydrogens (tertiary/aromatic N) is 1. The molecule has 0 aliphatic rings. The van der Waals surface area contributed by atoms with Crippen molar-refractivity contribution in [1.29, 1.82) is 0 Å². The van der Waals surface area contributed by atoms with E-state index in [2.05, 4.69) is 9.88 Å². The number of rotatable bonds is 7. The molecule has 3 rings (SSSR count). The minimum absolute atomic E-state index is 0.0668. The Morgan fingerprint density at radius 1 is 1.07 bits per heavy atom. The molecule has 27 heavy (non-hydrogen) atoms. The van der Waals surface area contributed by atoms with Crippen LogP contribution in [0.2, 0.25) is 0 Å². The summed E-state index contributed by atoms with van der Waals surface area (Å²) in [6, 6.07) is 11.7. The summed E-state index contributed by atoms with van der Waals surface area (Å²) in [7, 11) is -7.75. The van der Waals surface area contributed by atoms with Gasteiger partial charge in [-0.15, -0.1) is 11.3 Å². The normalized spacial score (nSPS) is 13.6. The van der Waals surface area contributed by atoms with E-state index in [4.69, 9.17) is 4.52 Å². The fourth-order valence-electron chi connectivity index (χ4n) is 2.76. The molecule has 0 unspecified atom stereocenters. The Bertz CT molecular complexity index is 1100. The van der Waals surface area contributed by atoms with Gasteiger partial charge >= 0.3 is 0 Å². The minimum atomic E-state index is -3.98. The van der Waals surface area contributed by atoms with E-state index in [-0.39, 0.29) is 27.1 Å². The van der Waals surface area contributed by atoms with Crippen LogP contribution in [0.15, 0.2) is 61.5 Å². The summed E-state index contributed by atoms with van der Waals surface area (Å²) < 4.78 is 59.0. The van der Waals surface area contributed by atoms with Crippen molar-refractivity contribution >= 4 is 31.2 Å². The lowest BCUT2D eigenvalue weighted by Gasteiger charge is -2.18. The number of thiophene rings is 1. The quantitative estimate of drug-likeness (QED) is 0.623. The van der Waals surface area contributed by atoms with Gasteiger partial charge in [0.25, 0.3) is 0 Å². The predicted molar refractivity (Wildman–Crippen MR) is 102 cm³/mol. The van der Waals surface area contributed by atoms with Gasteiger partial charge in [-0.3, -0.25) is 0 Å². The van der Waals surface area contributed by atoms with Crippen molar-refractivity contribution in [2.75, 3.05) is 6.54 Å².